The van der Waals surface area contributed by atoms with Crippen molar-refractivity contribution in [3.63, 3.8) is 0 Å². The van der Waals surface area contributed by atoms with Crippen LogP contribution in [0.1, 0.15) is 39.0 Å². The number of nitrogens with zero attached hydrogens (tertiary/aromatic N) is 4. The van der Waals surface area contributed by atoms with Crippen molar-refractivity contribution < 1.29 is 0 Å². The third-order valence-corrected chi connectivity index (χ3v) is 4.06. The van der Waals surface area contributed by atoms with Gasteiger partial charge in [-0.05, 0) is 47.7 Å². The number of benzene rings is 1. The standard InChI is InChI=1S/C15H21N5/c1-12-6-5-7-13(11-10-12)16-15-17-18-19-20(15)14-8-3-2-4-9-14/h2-4,8-9,12-13H,5-7,10-11H2,1H3,(H,16,17,19). The summed E-state index contributed by atoms with van der Waals surface area (Å²) in [5, 5.41) is 15.5. The first kappa shape index (κ1) is 13.1. The van der Waals surface area contributed by atoms with Gasteiger partial charge >= 0.3 is 0 Å². The maximum atomic E-state index is 4.13. The molecule has 0 amide bonds. The van der Waals surface area contributed by atoms with E-state index in [0.717, 1.165) is 17.6 Å². The van der Waals surface area contributed by atoms with E-state index < -0.39 is 0 Å². The molecule has 1 aromatic heterocycles. The lowest BCUT2D eigenvalue weighted by Gasteiger charge is -2.16. The van der Waals surface area contributed by atoms with Gasteiger partial charge in [0.1, 0.15) is 0 Å². The maximum Gasteiger partial charge on any atom is 0.247 e. The molecule has 3 rings (SSSR count). The van der Waals surface area contributed by atoms with Gasteiger partial charge in [-0.25, -0.2) is 0 Å². The summed E-state index contributed by atoms with van der Waals surface area (Å²) in [6.45, 7) is 2.34. The molecule has 1 aliphatic rings. The van der Waals surface area contributed by atoms with Gasteiger partial charge in [-0.15, -0.1) is 0 Å². The first-order chi connectivity index (χ1) is 9.83. The predicted octanol–water partition coefficient (Wildman–Crippen LogP) is 3.04. The minimum Gasteiger partial charge on any atom is -0.350 e. The lowest BCUT2D eigenvalue weighted by Crippen LogP contribution is -2.21. The van der Waals surface area contributed by atoms with E-state index in [1.54, 1.807) is 4.68 Å². The van der Waals surface area contributed by atoms with Crippen LogP contribution in [0.5, 0.6) is 0 Å². The molecule has 1 fully saturated rings. The molecule has 1 saturated carbocycles. The molecule has 2 atom stereocenters. The summed E-state index contributed by atoms with van der Waals surface area (Å²) in [6, 6.07) is 10.5. The Labute approximate surface area is 119 Å². The molecule has 0 spiro atoms. The molecule has 1 aliphatic carbocycles. The van der Waals surface area contributed by atoms with Crippen molar-refractivity contribution in [2.45, 2.75) is 45.1 Å². The fourth-order valence-corrected chi connectivity index (χ4v) is 2.83. The summed E-state index contributed by atoms with van der Waals surface area (Å²) in [4.78, 5) is 0. The summed E-state index contributed by atoms with van der Waals surface area (Å²) < 4.78 is 1.77. The average molecular weight is 271 g/mol. The van der Waals surface area contributed by atoms with E-state index in [0.29, 0.717) is 6.04 Å². The molecule has 2 unspecified atom stereocenters. The SMILES string of the molecule is CC1CCCC(Nc2nnnn2-c2ccccc2)CC1. The van der Waals surface area contributed by atoms with Crippen molar-refractivity contribution in [1.29, 1.82) is 0 Å². The van der Waals surface area contributed by atoms with Gasteiger partial charge in [-0.1, -0.05) is 43.1 Å². The van der Waals surface area contributed by atoms with Gasteiger partial charge < -0.3 is 5.32 Å². The zero-order valence-corrected chi connectivity index (χ0v) is 11.9. The minimum atomic E-state index is 0.480. The molecule has 0 radical (unpaired) electrons. The Morgan fingerprint density at radius 1 is 1.10 bits per heavy atom. The van der Waals surface area contributed by atoms with E-state index in [1.165, 1.54) is 32.1 Å². The second kappa shape index (κ2) is 6.03. The van der Waals surface area contributed by atoms with Crippen LogP contribution in [0.4, 0.5) is 5.95 Å². The largest absolute Gasteiger partial charge is 0.350 e. The van der Waals surface area contributed by atoms with Crippen LogP contribution in [0.15, 0.2) is 30.3 Å². The molecule has 20 heavy (non-hydrogen) atoms. The van der Waals surface area contributed by atoms with Gasteiger partial charge in [0, 0.05) is 6.04 Å². The maximum absolute atomic E-state index is 4.13. The van der Waals surface area contributed by atoms with Gasteiger partial charge in [0.2, 0.25) is 5.95 Å². The zero-order chi connectivity index (χ0) is 13.8. The van der Waals surface area contributed by atoms with Crippen LogP contribution < -0.4 is 5.32 Å². The smallest absolute Gasteiger partial charge is 0.247 e. The average Bonchev–Trinajstić information content (AvgIpc) is 2.84. The molecule has 106 valence electrons. The first-order valence-electron chi connectivity index (χ1n) is 7.43. The monoisotopic (exact) mass is 271 g/mol. The summed E-state index contributed by atoms with van der Waals surface area (Å²) in [5.74, 6) is 1.59. The Hall–Kier alpha value is -1.91. The van der Waals surface area contributed by atoms with E-state index in [2.05, 4.69) is 27.8 Å². The first-order valence-corrected chi connectivity index (χ1v) is 7.43. The number of nitrogens with one attached hydrogen (secondary N) is 1. The van der Waals surface area contributed by atoms with E-state index >= 15 is 0 Å². The molecule has 5 nitrogen and oxygen atoms in total. The molecule has 1 heterocycles. The van der Waals surface area contributed by atoms with Crippen molar-refractivity contribution in [2.75, 3.05) is 5.32 Å². The van der Waals surface area contributed by atoms with Crippen LogP contribution in [0.2, 0.25) is 0 Å². The van der Waals surface area contributed by atoms with Crippen molar-refractivity contribution >= 4 is 5.95 Å². The van der Waals surface area contributed by atoms with Gasteiger partial charge in [-0.3, -0.25) is 0 Å². The van der Waals surface area contributed by atoms with Gasteiger partial charge in [-0.2, -0.15) is 4.68 Å². The Morgan fingerprint density at radius 2 is 1.95 bits per heavy atom. The molecule has 0 bridgehead atoms. The third kappa shape index (κ3) is 2.98. The predicted molar refractivity (Wildman–Crippen MR) is 78.8 cm³/mol. The third-order valence-electron chi connectivity index (χ3n) is 4.06. The Balaban J connectivity index is 1.74. The van der Waals surface area contributed by atoms with Crippen LogP contribution in [-0.4, -0.2) is 26.2 Å². The van der Waals surface area contributed by atoms with Crippen molar-refractivity contribution in [2.24, 2.45) is 5.92 Å². The molecule has 0 aliphatic heterocycles. The van der Waals surface area contributed by atoms with Crippen LogP contribution in [0.3, 0.4) is 0 Å². The van der Waals surface area contributed by atoms with Crippen LogP contribution >= 0.6 is 0 Å². The number of rotatable bonds is 3. The molecule has 2 aromatic rings. The number of tetrazole rings is 1. The highest BCUT2D eigenvalue weighted by molar-refractivity contribution is 5.38. The van der Waals surface area contributed by atoms with E-state index in [-0.39, 0.29) is 0 Å². The van der Waals surface area contributed by atoms with E-state index in [1.807, 2.05) is 30.3 Å². The van der Waals surface area contributed by atoms with Crippen molar-refractivity contribution in [3.8, 4) is 5.69 Å². The summed E-state index contributed by atoms with van der Waals surface area (Å²) in [7, 11) is 0. The number of para-hydroxylation sites is 1. The topological polar surface area (TPSA) is 55.6 Å². The number of aromatic nitrogens is 4. The van der Waals surface area contributed by atoms with Gasteiger partial charge in [0.15, 0.2) is 0 Å². The van der Waals surface area contributed by atoms with Crippen molar-refractivity contribution in [3.05, 3.63) is 30.3 Å². The molecule has 5 heteroatoms. The molecule has 1 aromatic carbocycles. The number of hydrogen-bond acceptors (Lipinski definition) is 4. The Morgan fingerprint density at radius 3 is 2.80 bits per heavy atom. The molecular formula is C15H21N5. The minimum absolute atomic E-state index is 0.480. The fraction of sp³-hybridized carbons (Fsp3) is 0.533. The lowest BCUT2D eigenvalue weighted by molar-refractivity contribution is 0.501. The highest BCUT2D eigenvalue weighted by Crippen LogP contribution is 2.24. The van der Waals surface area contributed by atoms with Crippen LogP contribution in [-0.2, 0) is 0 Å². The van der Waals surface area contributed by atoms with Gasteiger partial charge in [0.05, 0.1) is 5.69 Å². The van der Waals surface area contributed by atoms with Crippen molar-refractivity contribution in [1.82, 2.24) is 20.2 Å². The van der Waals surface area contributed by atoms with Crippen LogP contribution in [0, 0.1) is 5.92 Å². The Bertz CT molecular complexity index is 536. The summed E-state index contributed by atoms with van der Waals surface area (Å²) in [6.07, 6.45) is 6.30. The quantitative estimate of drug-likeness (QED) is 0.872. The van der Waals surface area contributed by atoms with Crippen LogP contribution in [0.25, 0.3) is 5.69 Å². The summed E-state index contributed by atoms with van der Waals surface area (Å²) in [5.41, 5.74) is 0.988. The summed E-state index contributed by atoms with van der Waals surface area (Å²) >= 11 is 0. The van der Waals surface area contributed by atoms with E-state index in [4.69, 9.17) is 0 Å². The number of anilines is 1. The molecular weight excluding hydrogens is 250 g/mol. The second-order valence-corrected chi connectivity index (χ2v) is 5.70. The normalized spacial score (nSPS) is 23.2. The Kier molecular flexibility index (Phi) is 3.95. The zero-order valence-electron chi connectivity index (χ0n) is 11.9. The fourth-order valence-electron chi connectivity index (χ4n) is 2.83. The van der Waals surface area contributed by atoms with Gasteiger partial charge in [0.25, 0.3) is 0 Å². The highest BCUT2D eigenvalue weighted by atomic mass is 15.6. The number of hydrogen-bond donors (Lipinski definition) is 1. The molecule has 1 N–H and O–H groups in total. The highest BCUT2D eigenvalue weighted by Gasteiger charge is 2.18. The second-order valence-electron chi connectivity index (χ2n) is 5.70. The lowest BCUT2D eigenvalue weighted by atomic mass is 10.0. The molecule has 0 saturated heterocycles. The van der Waals surface area contributed by atoms with E-state index in [9.17, 15) is 0 Å².